The highest BCUT2D eigenvalue weighted by Crippen LogP contribution is 2.53. The Morgan fingerprint density at radius 1 is 0.714 bits per heavy atom. The molecule has 1 aliphatic heterocycles. The average molecular weight is 651 g/mol. The summed E-state index contributed by atoms with van der Waals surface area (Å²) >= 11 is 0. The van der Waals surface area contributed by atoms with Gasteiger partial charge in [0.2, 0.25) is 0 Å². The van der Waals surface area contributed by atoms with Crippen molar-refractivity contribution >= 4 is 27.9 Å². The number of H-pyrrole nitrogens is 2. The Balaban J connectivity index is 1.48. The van der Waals surface area contributed by atoms with E-state index in [1.807, 2.05) is 24.3 Å². The van der Waals surface area contributed by atoms with Crippen LogP contribution < -0.4 is 19.9 Å². The fourth-order valence-corrected chi connectivity index (χ4v) is 8.72. The zero-order chi connectivity index (χ0) is 34.1. The zero-order valence-electron chi connectivity index (χ0n) is 29.0. The van der Waals surface area contributed by atoms with Gasteiger partial charge in [-0.05, 0) is 100 Å². The number of aromatic amines is 2. The van der Waals surface area contributed by atoms with Gasteiger partial charge >= 0.3 is 5.69 Å². The maximum absolute atomic E-state index is 12.6. The molecule has 0 spiro atoms. The highest BCUT2D eigenvalue weighted by atomic mass is 16.5. The molecular weight excluding hydrogens is 608 g/mol. The van der Waals surface area contributed by atoms with E-state index in [4.69, 9.17) is 14.2 Å². The topological polar surface area (TPSA) is 76.3 Å². The van der Waals surface area contributed by atoms with E-state index in [-0.39, 0.29) is 16.5 Å². The van der Waals surface area contributed by atoms with Gasteiger partial charge in [0.15, 0.2) is 5.60 Å². The molecule has 0 saturated carbocycles. The molecule has 8 rings (SSSR count). The summed E-state index contributed by atoms with van der Waals surface area (Å²) in [5.41, 5.74) is 8.54. The minimum atomic E-state index is -0.943. The summed E-state index contributed by atoms with van der Waals surface area (Å²) in [7, 11) is 3.35. The second-order valence-electron chi connectivity index (χ2n) is 15.3. The van der Waals surface area contributed by atoms with Gasteiger partial charge in [0.05, 0.1) is 25.3 Å². The lowest BCUT2D eigenvalue weighted by Crippen LogP contribution is -2.35. The molecule has 248 valence electrons. The first-order valence-corrected chi connectivity index (χ1v) is 17.0. The van der Waals surface area contributed by atoms with Gasteiger partial charge in [0, 0.05) is 22.1 Å². The molecule has 5 aromatic carbocycles. The second-order valence-corrected chi connectivity index (χ2v) is 15.3. The van der Waals surface area contributed by atoms with Gasteiger partial charge in [-0.15, -0.1) is 0 Å². The molecule has 0 unspecified atom stereocenters. The van der Waals surface area contributed by atoms with E-state index in [1.165, 1.54) is 22.3 Å². The van der Waals surface area contributed by atoms with Crippen molar-refractivity contribution in [1.82, 2.24) is 9.97 Å². The number of fused-ring (bicyclic) bond motifs is 9. The minimum Gasteiger partial charge on any atom is -0.497 e. The van der Waals surface area contributed by atoms with E-state index in [9.17, 15) is 4.79 Å². The average Bonchev–Trinajstić information content (AvgIpc) is 3.46. The fourth-order valence-electron chi connectivity index (χ4n) is 8.72. The van der Waals surface area contributed by atoms with Crippen molar-refractivity contribution in [3.05, 3.63) is 129 Å². The molecule has 6 nitrogen and oxygen atoms in total. The first-order chi connectivity index (χ1) is 23.5. The molecule has 2 aliphatic rings. The summed E-state index contributed by atoms with van der Waals surface area (Å²) in [6, 6.07) is 29.3. The maximum Gasteiger partial charge on any atom is 0.323 e. The normalized spacial score (nSPS) is 17.2. The third-order valence-corrected chi connectivity index (χ3v) is 10.4. The van der Waals surface area contributed by atoms with Crippen LogP contribution in [0.2, 0.25) is 0 Å². The maximum atomic E-state index is 12.6. The number of aromatic nitrogens is 2. The SMILES string of the molecule is COc1ccc(C2(c3ccc(OC)cc3)C=Cc3c4c(c5cc6[nH]c(=O)[nH]c6cc5c3O2)-c2ccccc2CC(C)(C)CC(C)(C)C4)cc1. The summed E-state index contributed by atoms with van der Waals surface area (Å²) in [6.07, 6.45) is 7.38. The van der Waals surface area contributed by atoms with Gasteiger partial charge in [0.25, 0.3) is 0 Å². The summed E-state index contributed by atoms with van der Waals surface area (Å²) in [6.45, 7) is 9.57. The molecule has 0 saturated heterocycles. The predicted octanol–water partition coefficient (Wildman–Crippen LogP) is 9.58. The number of benzene rings is 5. The second kappa shape index (κ2) is 11.2. The molecule has 0 radical (unpaired) electrons. The van der Waals surface area contributed by atoms with Crippen LogP contribution in [-0.4, -0.2) is 24.2 Å². The Kier molecular flexibility index (Phi) is 7.07. The molecule has 0 bridgehead atoms. The summed E-state index contributed by atoms with van der Waals surface area (Å²) in [5, 5.41) is 2.02. The molecule has 6 aromatic rings. The van der Waals surface area contributed by atoms with Crippen LogP contribution in [0.3, 0.4) is 0 Å². The van der Waals surface area contributed by atoms with Crippen LogP contribution in [0.1, 0.15) is 61.9 Å². The van der Waals surface area contributed by atoms with Crippen LogP contribution >= 0.6 is 0 Å². The quantitative estimate of drug-likeness (QED) is 0.199. The minimum absolute atomic E-state index is 0.00256. The van der Waals surface area contributed by atoms with E-state index in [0.717, 1.165) is 75.0 Å². The van der Waals surface area contributed by atoms with Crippen molar-refractivity contribution in [2.45, 2.75) is 52.6 Å². The van der Waals surface area contributed by atoms with Crippen molar-refractivity contribution in [3.63, 3.8) is 0 Å². The fraction of sp³-hybridized carbons (Fsp3) is 0.279. The standard InChI is InChI=1S/C43H42N2O4/c1-41(2)23-26-9-7-8-10-31(26)38-33-21-36-37(45-40(46)44-36)22-34(33)39-32(35(38)24-42(3,4)25-41)19-20-43(49-39,27-11-15-29(47-5)16-12-27)28-13-17-30(48-6)18-14-28/h7-22H,23-25H2,1-6H3,(H2,44,45,46). The first-order valence-electron chi connectivity index (χ1n) is 17.0. The van der Waals surface area contributed by atoms with Gasteiger partial charge in [-0.3, -0.25) is 0 Å². The molecule has 6 heteroatoms. The van der Waals surface area contributed by atoms with E-state index in [2.05, 4.69) is 110 Å². The van der Waals surface area contributed by atoms with Crippen LogP contribution in [0, 0.1) is 10.8 Å². The Morgan fingerprint density at radius 3 is 1.90 bits per heavy atom. The van der Waals surface area contributed by atoms with Crippen molar-refractivity contribution in [2.75, 3.05) is 14.2 Å². The van der Waals surface area contributed by atoms with Crippen LogP contribution in [0.15, 0.2) is 95.8 Å². The molecule has 0 amide bonds. The molecule has 0 fully saturated rings. The Labute approximate surface area is 286 Å². The monoisotopic (exact) mass is 650 g/mol. The number of ether oxygens (including phenoxy) is 3. The molecule has 1 aromatic heterocycles. The molecule has 2 N–H and O–H groups in total. The van der Waals surface area contributed by atoms with Gasteiger partial charge in [-0.2, -0.15) is 0 Å². The highest BCUT2D eigenvalue weighted by Gasteiger charge is 2.41. The summed E-state index contributed by atoms with van der Waals surface area (Å²) in [4.78, 5) is 18.7. The number of methoxy groups -OCH3 is 2. The third-order valence-electron chi connectivity index (χ3n) is 10.4. The zero-order valence-corrected chi connectivity index (χ0v) is 29.0. The number of hydrogen-bond donors (Lipinski definition) is 2. The Hall–Kier alpha value is -5.23. The summed E-state index contributed by atoms with van der Waals surface area (Å²) < 4.78 is 18.6. The van der Waals surface area contributed by atoms with Crippen LogP contribution in [0.25, 0.3) is 39.0 Å². The third kappa shape index (κ3) is 5.21. The van der Waals surface area contributed by atoms with E-state index in [0.29, 0.717) is 0 Å². The molecule has 1 aliphatic carbocycles. The van der Waals surface area contributed by atoms with Gasteiger partial charge in [-0.1, -0.05) is 82.3 Å². The van der Waals surface area contributed by atoms with Crippen molar-refractivity contribution < 1.29 is 14.2 Å². The summed E-state index contributed by atoms with van der Waals surface area (Å²) in [5.74, 6) is 2.36. The molecule has 49 heavy (non-hydrogen) atoms. The van der Waals surface area contributed by atoms with Crippen molar-refractivity contribution in [3.8, 4) is 28.4 Å². The highest BCUT2D eigenvalue weighted by molar-refractivity contribution is 6.10. The number of rotatable bonds is 4. The van der Waals surface area contributed by atoms with Gasteiger partial charge in [-0.25, -0.2) is 4.79 Å². The number of nitrogens with one attached hydrogen (secondary N) is 2. The largest absolute Gasteiger partial charge is 0.497 e. The number of imidazole rings is 1. The van der Waals surface area contributed by atoms with Crippen LogP contribution in [-0.2, 0) is 18.4 Å². The van der Waals surface area contributed by atoms with Crippen LogP contribution in [0.4, 0.5) is 0 Å². The lowest BCUT2D eigenvalue weighted by atomic mass is 9.70. The number of hydrogen-bond acceptors (Lipinski definition) is 4. The van der Waals surface area contributed by atoms with Gasteiger partial charge in [0.1, 0.15) is 17.2 Å². The molecule has 2 heterocycles. The van der Waals surface area contributed by atoms with E-state index in [1.54, 1.807) is 14.2 Å². The molecular formula is C43H42N2O4. The van der Waals surface area contributed by atoms with E-state index >= 15 is 0 Å². The Bertz CT molecular complexity index is 2270. The lowest BCUT2D eigenvalue weighted by molar-refractivity contribution is 0.162. The van der Waals surface area contributed by atoms with Crippen molar-refractivity contribution in [1.29, 1.82) is 0 Å². The Morgan fingerprint density at radius 2 is 1.29 bits per heavy atom. The van der Waals surface area contributed by atoms with E-state index < -0.39 is 5.60 Å². The molecule has 0 atom stereocenters. The predicted molar refractivity (Wildman–Crippen MR) is 198 cm³/mol. The van der Waals surface area contributed by atoms with Crippen molar-refractivity contribution in [2.24, 2.45) is 10.8 Å². The first kappa shape index (κ1) is 31.1. The van der Waals surface area contributed by atoms with Crippen LogP contribution in [0.5, 0.6) is 17.2 Å². The lowest BCUT2D eigenvalue weighted by Gasteiger charge is -2.39. The van der Waals surface area contributed by atoms with Gasteiger partial charge < -0.3 is 24.2 Å². The smallest absolute Gasteiger partial charge is 0.323 e.